The molecule has 5 rings (SSSR count). The maximum atomic E-state index is 6.47. The van der Waals surface area contributed by atoms with Crippen molar-refractivity contribution in [3.05, 3.63) is 108 Å². The van der Waals surface area contributed by atoms with Crippen LogP contribution in [0.15, 0.2) is 105 Å². The van der Waals surface area contributed by atoms with Crippen molar-refractivity contribution >= 4 is 17.7 Å². The van der Waals surface area contributed by atoms with Gasteiger partial charge in [-0.3, -0.25) is 0 Å². The second kappa shape index (κ2) is 10.1. The van der Waals surface area contributed by atoms with Gasteiger partial charge in [-0.2, -0.15) is 0 Å². The third kappa shape index (κ3) is 4.72. The van der Waals surface area contributed by atoms with Gasteiger partial charge in [0, 0.05) is 17.6 Å². The number of benzene rings is 3. The first-order valence-corrected chi connectivity index (χ1v) is 11.8. The van der Waals surface area contributed by atoms with Gasteiger partial charge in [0.05, 0.1) is 12.4 Å². The molecule has 0 N–H and O–H groups in total. The van der Waals surface area contributed by atoms with E-state index in [0.29, 0.717) is 18.3 Å². The summed E-state index contributed by atoms with van der Waals surface area (Å²) in [5.74, 6) is 1.91. The van der Waals surface area contributed by atoms with Crippen LogP contribution >= 0.6 is 11.8 Å². The van der Waals surface area contributed by atoms with Crippen molar-refractivity contribution in [1.29, 1.82) is 0 Å². The van der Waals surface area contributed by atoms with E-state index in [1.165, 1.54) is 0 Å². The number of aromatic nitrogens is 1. The predicted molar refractivity (Wildman–Crippen MR) is 130 cm³/mol. The monoisotopic (exact) mass is 456 g/mol. The highest BCUT2D eigenvalue weighted by Gasteiger charge is 2.36. The minimum Gasteiger partial charge on any atom is -0.467 e. The first kappa shape index (κ1) is 21.5. The average molecular weight is 457 g/mol. The summed E-state index contributed by atoms with van der Waals surface area (Å²) in [6.07, 6.45) is -0.228. The Morgan fingerprint density at radius 1 is 0.879 bits per heavy atom. The highest BCUT2D eigenvalue weighted by atomic mass is 32.2. The standard InChI is InChI=1S/C27H24N2O3S/c1-30-17-22-26(20-13-7-3-8-14-20)31-27(28-22)24-23(18-33-21-15-9-4-10-16-21)32-29-25(24)19-11-5-2-6-12-19/h2-16,22,26H,17-18H2,1H3/t22-,26?/m0/s1. The van der Waals surface area contributed by atoms with Crippen molar-refractivity contribution in [2.24, 2.45) is 4.99 Å². The molecule has 1 aliphatic heterocycles. The third-order valence-electron chi connectivity index (χ3n) is 5.47. The van der Waals surface area contributed by atoms with E-state index in [1.807, 2.05) is 66.7 Å². The van der Waals surface area contributed by atoms with Gasteiger partial charge in [-0.25, -0.2) is 4.99 Å². The Morgan fingerprint density at radius 2 is 1.55 bits per heavy atom. The van der Waals surface area contributed by atoms with E-state index in [0.717, 1.165) is 33.0 Å². The van der Waals surface area contributed by atoms with Gasteiger partial charge in [-0.15, -0.1) is 11.8 Å². The zero-order valence-corrected chi connectivity index (χ0v) is 19.1. The first-order chi connectivity index (χ1) is 16.3. The molecule has 5 nitrogen and oxygen atoms in total. The average Bonchev–Trinajstić information content (AvgIpc) is 3.49. The fraction of sp³-hybridized carbons (Fsp3) is 0.185. The van der Waals surface area contributed by atoms with E-state index in [-0.39, 0.29) is 12.1 Å². The van der Waals surface area contributed by atoms with Crippen LogP contribution in [0.5, 0.6) is 0 Å². The molecule has 1 unspecified atom stereocenters. The molecule has 0 saturated heterocycles. The zero-order valence-electron chi connectivity index (χ0n) is 18.3. The molecule has 0 spiro atoms. The Hall–Kier alpha value is -3.35. The highest BCUT2D eigenvalue weighted by Crippen LogP contribution is 2.37. The number of ether oxygens (including phenoxy) is 2. The molecule has 166 valence electrons. The van der Waals surface area contributed by atoms with Gasteiger partial charge in [0.1, 0.15) is 17.3 Å². The second-order valence-electron chi connectivity index (χ2n) is 7.70. The van der Waals surface area contributed by atoms with Crippen molar-refractivity contribution in [1.82, 2.24) is 5.16 Å². The molecule has 0 bridgehead atoms. The second-order valence-corrected chi connectivity index (χ2v) is 8.75. The van der Waals surface area contributed by atoms with Gasteiger partial charge in [-0.1, -0.05) is 84.0 Å². The van der Waals surface area contributed by atoms with Crippen LogP contribution in [0.3, 0.4) is 0 Å². The van der Waals surface area contributed by atoms with E-state index in [9.17, 15) is 0 Å². The smallest absolute Gasteiger partial charge is 0.223 e. The van der Waals surface area contributed by atoms with Crippen molar-refractivity contribution < 1.29 is 14.0 Å². The Labute approximate surface area is 197 Å². The molecule has 2 heterocycles. The van der Waals surface area contributed by atoms with Crippen molar-refractivity contribution in [2.45, 2.75) is 22.8 Å². The number of methoxy groups -OCH3 is 1. The number of nitrogens with zero attached hydrogens (tertiary/aromatic N) is 2. The lowest BCUT2D eigenvalue weighted by atomic mass is 10.0. The normalized spacial score (nSPS) is 17.5. The molecule has 1 aliphatic rings. The maximum Gasteiger partial charge on any atom is 0.223 e. The van der Waals surface area contributed by atoms with Crippen LogP contribution in [0, 0.1) is 0 Å². The molecule has 33 heavy (non-hydrogen) atoms. The van der Waals surface area contributed by atoms with E-state index < -0.39 is 0 Å². The largest absolute Gasteiger partial charge is 0.467 e. The van der Waals surface area contributed by atoms with Crippen LogP contribution in [0.2, 0.25) is 0 Å². The molecule has 3 aromatic carbocycles. The predicted octanol–water partition coefficient (Wildman–Crippen LogP) is 6.17. The third-order valence-corrected chi connectivity index (χ3v) is 6.49. The molecule has 2 atom stereocenters. The van der Waals surface area contributed by atoms with Crippen molar-refractivity contribution in [3.8, 4) is 11.3 Å². The molecule has 0 aliphatic carbocycles. The van der Waals surface area contributed by atoms with Gasteiger partial charge in [0.2, 0.25) is 5.90 Å². The summed E-state index contributed by atoms with van der Waals surface area (Å²) in [5.41, 5.74) is 3.58. The maximum absolute atomic E-state index is 6.47. The van der Waals surface area contributed by atoms with Gasteiger partial charge >= 0.3 is 0 Å². The molecule has 0 amide bonds. The molecular formula is C27H24N2O3S. The number of hydrogen-bond acceptors (Lipinski definition) is 6. The fourth-order valence-corrected chi connectivity index (χ4v) is 4.75. The molecule has 0 fully saturated rings. The van der Waals surface area contributed by atoms with Crippen LogP contribution in [-0.4, -0.2) is 30.8 Å². The number of thioether (sulfide) groups is 1. The van der Waals surface area contributed by atoms with E-state index >= 15 is 0 Å². The summed E-state index contributed by atoms with van der Waals surface area (Å²) < 4.78 is 17.8. The Kier molecular flexibility index (Phi) is 6.56. The Morgan fingerprint density at radius 3 is 2.24 bits per heavy atom. The van der Waals surface area contributed by atoms with Gasteiger partial charge in [0.25, 0.3) is 0 Å². The summed E-state index contributed by atoms with van der Waals surface area (Å²) >= 11 is 1.69. The lowest BCUT2D eigenvalue weighted by Gasteiger charge is -2.17. The Balaban J connectivity index is 1.52. The molecule has 6 heteroatoms. The molecule has 4 aromatic rings. The summed E-state index contributed by atoms with van der Waals surface area (Å²) in [7, 11) is 1.69. The van der Waals surface area contributed by atoms with E-state index in [2.05, 4.69) is 29.4 Å². The minimum atomic E-state index is -0.228. The molecule has 0 radical (unpaired) electrons. The Bertz CT molecular complexity index is 1210. The lowest BCUT2D eigenvalue weighted by molar-refractivity contribution is 0.120. The van der Waals surface area contributed by atoms with Gasteiger partial charge in [-0.05, 0) is 17.7 Å². The van der Waals surface area contributed by atoms with Crippen molar-refractivity contribution in [2.75, 3.05) is 13.7 Å². The van der Waals surface area contributed by atoms with Crippen LogP contribution in [0.1, 0.15) is 23.0 Å². The number of aliphatic imine (C=N–C) groups is 1. The van der Waals surface area contributed by atoms with Crippen LogP contribution in [0.25, 0.3) is 11.3 Å². The molecule has 1 aromatic heterocycles. The first-order valence-electron chi connectivity index (χ1n) is 10.8. The summed E-state index contributed by atoms with van der Waals surface area (Å²) in [4.78, 5) is 6.10. The topological polar surface area (TPSA) is 56.9 Å². The number of rotatable bonds is 8. The highest BCUT2D eigenvalue weighted by molar-refractivity contribution is 7.98. The van der Waals surface area contributed by atoms with Crippen molar-refractivity contribution in [3.63, 3.8) is 0 Å². The van der Waals surface area contributed by atoms with Crippen LogP contribution in [0.4, 0.5) is 0 Å². The summed E-state index contributed by atoms with van der Waals surface area (Å²) in [5, 5.41) is 4.43. The van der Waals surface area contributed by atoms with Gasteiger partial charge < -0.3 is 14.0 Å². The van der Waals surface area contributed by atoms with E-state index in [1.54, 1.807) is 18.9 Å². The van der Waals surface area contributed by atoms with E-state index in [4.69, 9.17) is 19.0 Å². The quantitative estimate of drug-likeness (QED) is 0.297. The zero-order chi connectivity index (χ0) is 22.5. The van der Waals surface area contributed by atoms with Crippen LogP contribution in [-0.2, 0) is 15.2 Å². The SMILES string of the molecule is COC[C@@H]1N=C(c2c(-c3ccccc3)noc2CSc2ccccc2)OC1c1ccccc1. The lowest BCUT2D eigenvalue weighted by Crippen LogP contribution is -2.19. The molecule has 0 saturated carbocycles. The summed E-state index contributed by atoms with van der Waals surface area (Å²) in [6, 6.07) is 30.2. The minimum absolute atomic E-state index is 0.152. The summed E-state index contributed by atoms with van der Waals surface area (Å²) in [6.45, 7) is 0.461. The fourth-order valence-electron chi connectivity index (χ4n) is 3.90. The van der Waals surface area contributed by atoms with Crippen LogP contribution < -0.4 is 0 Å². The van der Waals surface area contributed by atoms with Gasteiger partial charge in [0.15, 0.2) is 11.9 Å². The molecular weight excluding hydrogens is 432 g/mol. The number of hydrogen-bond donors (Lipinski definition) is 0.